The first-order valence-corrected chi connectivity index (χ1v) is 7.99. The molecular formula is C19H16F2N2O3. The fraction of sp³-hybridized carbons (Fsp3) is 0.158. The first-order chi connectivity index (χ1) is 12.5. The van der Waals surface area contributed by atoms with E-state index in [4.69, 9.17) is 9.26 Å². The molecule has 7 heteroatoms. The standard InChI is InChI=1S/C19H16F2N2O3/c1-2-25-15-6-4-13(5-7-15)22-19(24)11-14-10-18(26-23-14)16-8-3-12(20)9-17(16)21/h3-10H,2,11H2,1H3,(H,22,24). The van der Waals surface area contributed by atoms with E-state index in [0.717, 1.165) is 12.1 Å². The van der Waals surface area contributed by atoms with Crippen molar-refractivity contribution in [3.05, 3.63) is 65.9 Å². The average Bonchev–Trinajstić information content (AvgIpc) is 3.05. The highest BCUT2D eigenvalue weighted by Gasteiger charge is 2.14. The van der Waals surface area contributed by atoms with Crippen molar-refractivity contribution in [3.8, 4) is 17.1 Å². The van der Waals surface area contributed by atoms with E-state index in [-0.39, 0.29) is 23.7 Å². The second kappa shape index (κ2) is 7.77. The van der Waals surface area contributed by atoms with Crippen LogP contribution in [0.3, 0.4) is 0 Å². The Morgan fingerprint density at radius 3 is 2.62 bits per heavy atom. The summed E-state index contributed by atoms with van der Waals surface area (Å²) in [6.07, 6.45) is -0.0421. The second-order valence-corrected chi connectivity index (χ2v) is 5.49. The van der Waals surface area contributed by atoms with Gasteiger partial charge in [0.25, 0.3) is 0 Å². The minimum atomic E-state index is -0.758. The van der Waals surface area contributed by atoms with Crippen LogP contribution in [-0.4, -0.2) is 17.7 Å². The molecule has 3 rings (SSSR count). The van der Waals surface area contributed by atoms with Crippen LogP contribution < -0.4 is 10.1 Å². The first-order valence-electron chi connectivity index (χ1n) is 7.99. The van der Waals surface area contributed by atoms with Crippen LogP contribution in [0.1, 0.15) is 12.6 Å². The number of nitrogens with zero attached hydrogens (tertiary/aromatic N) is 1. The van der Waals surface area contributed by atoms with Crippen molar-refractivity contribution in [2.75, 3.05) is 11.9 Å². The van der Waals surface area contributed by atoms with Gasteiger partial charge in [-0.25, -0.2) is 8.78 Å². The molecule has 0 saturated heterocycles. The Morgan fingerprint density at radius 1 is 1.15 bits per heavy atom. The van der Waals surface area contributed by atoms with Gasteiger partial charge in [-0.05, 0) is 43.3 Å². The Labute approximate surface area is 148 Å². The van der Waals surface area contributed by atoms with E-state index in [1.54, 1.807) is 24.3 Å². The molecule has 0 atom stereocenters. The second-order valence-electron chi connectivity index (χ2n) is 5.49. The van der Waals surface area contributed by atoms with Gasteiger partial charge in [-0.2, -0.15) is 0 Å². The van der Waals surface area contributed by atoms with Gasteiger partial charge >= 0.3 is 0 Å². The summed E-state index contributed by atoms with van der Waals surface area (Å²) in [5, 5.41) is 6.49. The van der Waals surface area contributed by atoms with E-state index in [1.165, 1.54) is 12.1 Å². The van der Waals surface area contributed by atoms with Gasteiger partial charge < -0.3 is 14.6 Å². The fourth-order valence-corrected chi connectivity index (χ4v) is 2.38. The number of hydrogen-bond acceptors (Lipinski definition) is 4. The van der Waals surface area contributed by atoms with Crippen molar-refractivity contribution >= 4 is 11.6 Å². The SMILES string of the molecule is CCOc1ccc(NC(=O)Cc2cc(-c3ccc(F)cc3F)on2)cc1. The Balaban J connectivity index is 1.64. The topological polar surface area (TPSA) is 64.4 Å². The predicted octanol–water partition coefficient (Wildman–Crippen LogP) is 4.20. The maximum Gasteiger partial charge on any atom is 0.230 e. The predicted molar refractivity (Wildman–Crippen MR) is 91.8 cm³/mol. The number of amides is 1. The molecule has 2 aromatic carbocycles. The number of hydrogen-bond donors (Lipinski definition) is 1. The van der Waals surface area contributed by atoms with Crippen molar-refractivity contribution in [2.45, 2.75) is 13.3 Å². The van der Waals surface area contributed by atoms with E-state index >= 15 is 0 Å². The van der Waals surface area contributed by atoms with Crippen LogP contribution >= 0.6 is 0 Å². The molecule has 5 nitrogen and oxygen atoms in total. The summed E-state index contributed by atoms with van der Waals surface area (Å²) >= 11 is 0. The van der Waals surface area contributed by atoms with E-state index in [2.05, 4.69) is 10.5 Å². The molecule has 134 valence electrons. The first kappa shape index (κ1) is 17.6. The molecule has 26 heavy (non-hydrogen) atoms. The van der Waals surface area contributed by atoms with Gasteiger partial charge in [0.05, 0.1) is 24.3 Å². The molecule has 0 aliphatic heterocycles. The molecule has 0 radical (unpaired) electrons. The van der Waals surface area contributed by atoms with Crippen LogP contribution in [0.2, 0.25) is 0 Å². The molecule has 0 bridgehead atoms. The Morgan fingerprint density at radius 2 is 1.92 bits per heavy atom. The van der Waals surface area contributed by atoms with Gasteiger partial charge in [0.2, 0.25) is 5.91 Å². The molecule has 0 unspecified atom stereocenters. The number of carbonyl (C=O) groups is 1. The molecular weight excluding hydrogens is 342 g/mol. The number of carbonyl (C=O) groups excluding carboxylic acids is 1. The van der Waals surface area contributed by atoms with Crippen LogP contribution in [0.4, 0.5) is 14.5 Å². The molecule has 1 aromatic heterocycles. The minimum absolute atomic E-state index is 0.0421. The average molecular weight is 358 g/mol. The number of nitrogens with one attached hydrogen (secondary N) is 1. The van der Waals surface area contributed by atoms with Crippen LogP contribution in [0.25, 0.3) is 11.3 Å². The molecule has 1 N–H and O–H groups in total. The van der Waals surface area contributed by atoms with Gasteiger partial charge in [-0.15, -0.1) is 0 Å². The van der Waals surface area contributed by atoms with Gasteiger partial charge in [-0.3, -0.25) is 4.79 Å². The quantitative estimate of drug-likeness (QED) is 0.717. The molecule has 1 heterocycles. The molecule has 0 aliphatic rings. The molecule has 0 saturated carbocycles. The third-order valence-electron chi connectivity index (χ3n) is 3.55. The summed E-state index contributed by atoms with van der Waals surface area (Å²) in [7, 11) is 0. The molecule has 1 amide bonds. The van der Waals surface area contributed by atoms with Crippen molar-refractivity contribution in [2.24, 2.45) is 0 Å². The van der Waals surface area contributed by atoms with Crippen molar-refractivity contribution in [1.29, 1.82) is 0 Å². The molecule has 0 fully saturated rings. The highest BCUT2D eigenvalue weighted by Crippen LogP contribution is 2.24. The maximum atomic E-state index is 13.8. The zero-order chi connectivity index (χ0) is 18.5. The number of anilines is 1. The monoisotopic (exact) mass is 358 g/mol. The minimum Gasteiger partial charge on any atom is -0.494 e. The van der Waals surface area contributed by atoms with Crippen LogP contribution in [0.5, 0.6) is 5.75 Å². The van der Waals surface area contributed by atoms with Crippen molar-refractivity contribution in [1.82, 2.24) is 5.16 Å². The Bertz CT molecular complexity index is 907. The van der Waals surface area contributed by atoms with Crippen LogP contribution in [0, 0.1) is 11.6 Å². The van der Waals surface area contributed by atoms with Crippen LogP contribution in [-0.2, 0) is 11.2 Å². The van der Waals surface area contributed by atoms with E-state index in [9.17, 15) is 13.6 Å². The van der Waals surface area contributed by atoms with E-state index in [0.29, 0.717) is 23.7 Å². The van der Waals surface area contributed by atoms with Gasteiger partial charge in [0.15, 0.2) is 5.76 Å². The number of halogens is 2. The summed E-state index contributed by atoms with van der Waals surface area (Å²) in [6, 6.07) is 11.6. The molecule has 0 spiro atoms. The van der Waals surface area contributed by atoms with Crippen molar-refractivity contribution in [3.63, 3.8) is 0 Å². The van der Waals surface area contributed by atoms with E-state index in [1.807, 2.05) is 6.92 Å². The molecule has 0 aliphatic carbocycles. The van der Waals surface area contributed by atoms with Gasteiger partial charge in [0, 0.05) is 17.8 Å². The zero-order valence-corrected chi connectivity index (χ0v) is 14.0. The number of benzene rings is 2. The lowest BCUT2D eigenvalue weighted by atomic mass is 10.1. The summed E-state index contributed by atoms with van der Waals surface area (Å²) in [4.78, 5) is 12.1. The molecule has 3 aromatic rings. The van der Waals surface area contributed by atoms with Crippen molar-refractivity contribution < 1.29 is 22.8 Å². The Hall–Kier alpha value is -3.22. The summed E-state index contributed by atoms with van der Waals surface area (Å²) in [6.45, 7) is 2.45. The van der Waals surface area contributed by atoms with E-state index < -0.39 is 11.6 Å². The smallest absolute Gasteiger partial charge is 0.230 e. The maximum absolute atomic E-state index is 13.8. The van der Waals surface area contributed by atoms with Crippen LogP contribution in [0.15, 0.2) is 53.1 Å². The lowest BCUT2D eigenvalue weighted by Crippen LogP contribution is -2.14. The summed E-state index contributed by atoms with van der Waals surface area (Å²) in [5.41, 5.74) is 1.04. The Kier molecular flexibility index (Phi) is 5.26. The zero-order valence-electron chi connectivity index (χ0n) is 14.0. The van der Waals surface area contributed by atoms with Gasteiger partial charge in [-0.1, -0.05) is 5.16 Å². The largest absolute Gasteiger partial charge is 0.494 e. The highest BCUT2D eigenvalue weighted by atomic mass is 19.1. The third-order valence-corrected chi connectivity index (χ3v) is 3.55. The highest BCUT2D eigenvalue weighted by molar-refractivity contribution is 5.92. The number of rotatable bonds is 6. The number of ether oxygens (including phenoxy) is 1. The van der Waals surface area contributed by atoms with Gasteiger partial charge in [0.1, 0.15) is 17.4 Å². The third kappa shape index (κ3) is 4.24. The summed E-state index contributed by atoms with van der Waals surface area (Å²) < 4.78 is 37.1. The fourth-order valence-electron chi connectivity index (χ4n) is 2.38. The number of aromatic nitrogens is 1. The summed E-state index contributed by atoms with van der Waals surface area (Å²) in [5.74, 6) is -0.889. The normalized spacial score (nSPS) is 10.6. The lowest BCUT2D eigenvalue weighted by Gasteiger charge is -2.06. The lowest BCUT2D eigenvalue weighted by molar-refractivity contribution is -0.115.